The number of anilines is 1. The number of nitrogens with one attached hydrogen (secondary N) is 1. The number of nitro benzene ring substituents is 2. The van der Waals surface area contributed by atoms with Crippen molar-refractivity contribution in [3.8, 4) is 0 Å². The molecule has 1 atom stereocenters. The van der Waals surface area contributed by atoms with Gasteiger partial charge in [-0.2, -0.15) is 0 Å². The van der Waals surface area contributed by atoms with E-state index in [4.69, 9.17) is 9.47 Å². The molecule has 1 heterocycles. The third-order valence-corrected chi connectivity index (χ3v) is 6.73. The summed E-state index contributed by atoms with van der Waals surface area (Å²) < 4.78 is 10.1. The van der Waals surface area contributed by atoms with Crippen LogP contribution in [-0.2, 0) is 27.1 Å². The van der Waals surface area contributed by atoms with Crippen molar-refractivity contribution in [1.29, 1.82) is 0 Å². The number of thiophene rings is 1. The van der Waals surface area contributed by atoms with Crippen molar-refractivity contribution < 1.29 is 33.7 Å². The van der Waals surface area contributed by atoms with Crippen LogP contribution in [0.5, 0.6) is 0 Å². The zero-order valence-corrected chi connectivity index (χ0v) is 20.1. The van der Waals surface area contributed by atoms with Gasteiger partial charge in [0.05, 0.1) is 27.6 Å². The summed E-state index contributed by atoms with van der Waals surface area (Å²) in [5, 5.41) is 25.3. The Hall–Kier alpha value is -3.87. The van der Waals surface area contributed by atoms with Gasteiger partial charge in [0.1, 0.15) is 10.6 Å². The van der Waals surface area contributed by atoms with E-state index in [0.29, 0.717) is 22.9 Å². The third kappa shape index (κ3) is 5.62. The van der Waals surface area contributed by atoms with Crippen molar-refractivity contribution in [3.05, 3.63) is 59.5 Å². The first-order chi connectivity index (χ1) is 16.5. The van der Waals surface area contributed by atoms with E-state index in [-0.39, 0.29) is 12.2 Å². The second-order valence-electron chi connectivity index (χ2n) is 8.05. The highest BCUT2D eigenvalue weighted by Gasteiger charge is 2.30. The molecular weight excluding hydrogens is 482 g/mol. The molecule has 2 aromatic rings. The zero-order chi connectivity index (χ0) is 25.9. The van der Waals surface area contributed by atoms with Gasteiger partial charge in [0.15, 0.2) is 6.61 Å². The lowest BCUT2D eigenvalue weighted by molar-refractivity contribution is -0.395. The highest BCUT2D eigenvalue weighted by Crippen LogP contribution is 2.40. The summed E-state index contributed by atoms with van der Waals surface area (Å²) in [5.41, 5.74) is -0.742. The largest absolute Gasteiger partial charge is 0.462 e. The number of esters is 2. The highest BCUT2D eigenvalue weighted by molar-refractivity contribution is 7.17. The molecule has 1 aliphatic rings. The number of amides is 1. The summed E-state index contributed by atoms with van der Waals surface area (Å²) in [7, 11) is 0. The van der Waals surface area contributed by atoms with Crippen LogP contribution < -0.4 is 5.32 Å². The molecule has 0 fully saturated rings. The normalized spacial score (nSPS) is 14.5. The van der Waals surface area contributed by atoms with E-state index in [1.54, 1.807) is 6.92 Å². The zero-order valence-electron chi connectivity index (χ0n) is 19.2. The highest BCUT2D eigenvalue weighted by atomic mass is 32.1. The number of carbonyl (C=O) groups excluding carboxylic acids is 3. The predicted octanol–water partition coefficient (Wildman–Crippen LogP) is 3.97. The van der Waals surface area contributed by atoms with E-state index < -0.39 is 51.2 Å². The quantitative estimate of drug-likeness (QED) is 0.317. The molecule has 0 spiro atoms. The Morgan fingerprint density at radius 3 is 2.31 bits per heavy atom. The monoisotopic (exact) mass is 505 g/mol. The minimum Gasteiger partial charge on any atom is -0.462 e. The fourth-order valence-corrected chi connectivity index (χ4v) is 5.23. The number of carbonyl (C=O) groups is 3. The van der Waals surface area contributed by atoms with E-state index in [1.165, 1.54) is 18.3 Å². The van der Waals surface area contributed by atoms with E-state index in [1.807, 2.05) is 0 Å². The van der Waals surface area contributed by atoms with Crippen molar-refractivity contribution in [3.63, 3.8) is 0 Å². The number of hydrogen-bond acceptors (Lipinski definition) is 10. The molecule has 3 rings (SSSR count). The molecule has 0 saturated heterocycles. The first kappa shape index (κ1) is 25.7. The lowest BCUT2D eigenvalue weighted by atomic mass is 9.88. The molecule has 35 heavy (non-hydrogen) atoms. The van der Waals surface area contributed by atoms with Crippen LogP contribution >= 0.6 is 11.3 Å². The second kappa shape index (κ2) is 10.6. The number of nitro groups is 2. The molecule has 1 aromatic heterocycles. The standard InChI is InChI=1S/C22H23N3O9S/c1-4-33-22(28)19-14-6-5-11(2)7-17(14)35-20(19)23-18(26)10-34-21(27)13-8-15(24(29)30)12(3)16(9-13)25(31)32/h8-9,11H,4-7,10H2,1-3H3,(H,23,26). The van der Waals surface area contributed by atoms with Gasteiger partial charge in [-0.15, -0.1) is 11.3 Å². The van der Waals surface area contributed by atoms with Gasteiger partial charge in [0.25, 0.3) is 17.3 Å². The van der Waals surface area contributed by atoms with Crippen molar-refractivity contribution >= 4 is 45.6 Å². The summed E-state index contributed by atoms with van der Waals surface area (Å²) in [6.45, 7) is 4.37. The molecule has 13 heteroatoms. The summed E-state index contributed by atoms with van der Waals surface area (Å²) in [5.74, 6) is -2.00. The number of benzene rings is 1. The second-order valence-corrected chi connectivity index (χ2v) is 9.16. The van der Waals surface area contributed by atoms with Crippen LogP contribution in [0, 0.1) is 33.1 Å². The summed E-state index contributed by atoms with van der Waals surface area (Å²) in [4.78, 5) is 59.2. The molecule has 1 amide bonds. The minimum atomic E-state index is -1.14. The molecule has 0 saturated carbocycles. The molecular formula is C22H23N3O9S. The topological polar surface area (TPSA) is 168 Å². The smallest absolute Gasteiger partial charge is 0.341 e. The molecule has 1 aromatic carbocycles. The molecule has 12 nitrogen and oxygen atoms in total. The maximum atomic E-state index is 12.6. The Balaban J connectivity index is 1.77. The molecule has 1 aliphatic carbocycles. The molecule has 0 aliphatic heterocycles. The molecule has 1 N–H and O–H groups in total. The minimum absolute atomic E-state index is 0.166. The fraction of sp³-hybridized carbons (Fsp3) is 0.409. The van der Waals surface area contributed by atoms with Gasteiger partial charge in [-0.1, -0.05) is 6.92 Å². The van der Waals surface area contributed by atoms with Crippen LogP contribution in [-0.4, -0.2) is 40.9 Å². The Morgan fingerprint density at radius 1 is 1.11 bits per heavy atom. The Bertz CT molecular complexity index is 1190. The van der Waals surface area contributed by atoms with Gasteiger partial charge in [-0.3, -0.25) is 25.0 Å². The SMILES string of the molecule is CCOC(=O)c1c(NC(=O)COC(=O)c2cc([N+](=O)[O-])c(C)c([N+](=O)[O-])c2)sc2c1CCC(C)C2. The van der Waals surface area contributed by atoms with E-state index in [2.05, 4.69) is 12.2 Å². The van der Waals surface area contributed by atoms with Gasteiger partial charge >= 0.3 is 11.9 Å². The van der Waals surface area contributed by atoms with Gasteiger partial charge in [-0.25, -0.2) is 9.59 Å². The van der Waals surface area contributed by atoms with E-state index in [0.717, 1.165) is 35.4 Å². The Morgan fingerprint density at radius 2 is 1.74 bits per heavy atom. The van der Waals surface area contributed by atoms with Crippen LogP contribution in [0.4, 0.5) is 16.4 Å². The van der Waals surface area contributed by atoms with Gasteiger partial charge in [0.2, 0.25) is 0 Å². The van der Waals surface area contributed by atoms with Gasteiger partial charge in [0, 0.05) is 17.0 Å². The average Bonchev–Trinajstić information content (AvgIpc) is 3.13. The van der Waals surface area contributed by atoms with Crippen molar-refractivity contribution in [2.45, 2.75) is 40.0 Å². The molecule has 1 unspecified atom stereocenters. The number of rotatable bonds is 8. The van der Waals surface area contributed by atoms with Crippen molar-refractivity contribution in [2.75, 3.05) is 18.5 Å². The van der Waals surface area contributed by atoms with Crippen LogP contribution in [0.2, 0.25) is 0 Å². The summed E-state index contributed by atoms with van der Waals surface area (Å²) >= 11 is 1.27. The first-order valence-electron chi connectivity index (χ1n) is 10.8. The number of ether oxygens (including phenoxy) is 2. The summed E-state index contributed by atoms with van der Waals surface area (Å²) in [6.07, 6.45) is 2.34. The molecule has 186 valence electrons. The van der Waals surface area contributed by atoms with E-state index >= 15 is 0 Å². The lowest BCUT2D eigenvalue weighted by Crippen LogP contribution is -2.22. The number of hydrogen-bond donors (Lipinski definition) is 1. The number of nitrogens with zero attached hydrogens (tertiary/aromatic N) is 2. The van der Waals surface area contributed by atoms with Crippen LogP contribution in [0.25, 0.3) is 0 Å². The number of fused-ring (bicyclic) bond motifs is 1. The first-order valence-corrected chi connectivity index (χ1v) is 11.6. The fourth-order valence-electron chi connectivity index (χ4n) is 3.82. The third-order valence-electron chi connectivity index (χ3n) is 5.56. The van der Waals surface area contributed by atoms with E-state index in [9.17, 15) is 34.6 Å². The molecule has 0 radical (unpaired) electrons. The molecule has 0 bridgehead atoms. The summed E-state index contributed by atoms with van der Waals surface area (Å²) in [6, 6.07) is 1.71. The maximum absolute atomic E-state index is 12.6. The van der Waals surface area contributed by atoms with Crippen molar-refractivity contribution in [2.24, 2.45) is 5.92 Å². The average molecular weight is 506 g/mol. The Labute approximate surface area is 203 Å². The van der Waals surface area contributed by atoms with Gasteiger partial charge in [-0.05, 0) is 44.6 Å². The van der Waals surface area contributed by atoms with Crippen LogP contribution in [0.15, 0.2) is 12.1 Å². The van der Waals surface area contributed by atoms with Crippen molar-refractivity contribution in [1.82, 2.24) is 0 Å². The van der Waals surface area contributed by atoms with Gasteiger partial charge < -0.3 is 14.8 Å². The lowest BCUT2D eigenvalue weighted by Gasteiger charge is -2.18. The predicted molar refractivity (Wildman–Crippen MR) is 125 cm³/mol. The maximum Gasteiger partial charge on any atom is 0.341 e. The Kier molecular flexibility index (Phi) is 7.79. The van der Waals surface area contributed by atoms with Crippen LogP contribution in [0.1, 0.15) is 57.0 Å². The van der Waals surface area contributed by atoms with Crippen LogP contribution in [0.3, 0.4) is 0 Å².